The molecule has 0 aromatic heterocycles. The third-order valence-electron chi connectivity index (χ3n) is 4.28. The third kappa shape index (κ3) is 4.52. The second-order valence-electron chi connectivity index (χ2n) is 5.91. The van der Waals surface area contributed by atoms with Crippen LogP contribution in [-0.2, 0) is 0 Å². The summed E-state index contributed by atoms with van der Waals surface area (Å²) in [5, 5.41) is 14.0. The molecule has 3 rings (SSSR count). The Hall–Kier alpha value is -2.51. The topological polar surface area (TPSA) is 67.6 Å². The van der Waals surface area contributed by atoms with Crippen LogP contribution in [0.5, 0.6) is 5.75 Å². The predicted molar refractivity (Wildman–Crippen MR) is 92.2 cm³/mol. The van der Waals surface area contributed by atoms with Gasteiger partial charge >= 0.3 is 0 Å². The van der Waals surface area contributed by atoms with Gasteiger partial charge in [-0.3, -0.25) is 15.0 Å². The van der Waals surface area contributed by atoms with Crippen LogP contribution in [0.4, 0.5) is 10.1 Å². The van der Waals surface area contributed by atoms with Gasteiger partial charge in [0.05, 0.1) is 4.92 Å². The van der Waals surface area contributed by atoms with E-state index in [1.54, 1.807) is 24.3 Å². The van der Waals surface area contributed by atoms with Gasteiger partial charge in [0.15, 0.2) is 0 Å². The number of nitrogens with zero attached hydrogens (tertiary/aromatic N) is 2. The molecule has 0 saturated carbocycles. The van der Waals surface area contributed by atoms with Gasteiger partial charge in [-0.05, 0) is 29.8 Å². The van der Waals surface area contributed by atoms with E-state index >= 15 is 0 Å². The molecule has 25 heavy (non-hydrogen) atoms. The highest BCUT2D eigenvalue weighted by atomic mass is 19.1. The van der Waals surface area contributed by atoms with Crippen molar-refractivity contribution in [3.8, 4) is 5.75 Å². The average molecular weight is 345 g/mol. The summed E-state index contributed by atoms with van der Waals surface area (Å²) in [4.78, 5) is 12.5. The highest BCUT2D eigenvalue weighted by Gasteiger charge is 2.23. The van der Waals surface area contributed by atoms with Crippen LogP contribution in [-0.4, -0.2) is 42.6 Å². The number of rotatable bonds is 6. The lowest BCUT2D eigenvalue weighted by Gasteiger charge is -2.36. The predicted octanol–water partition coefficient (Wildman–Crippen LogP) is 2.76. The van der Waals surface area contributed by atoms with Gasteiger partial charge in [-0.2, -0.15) is 0 Å². The quantitative estimate of drug-likeness (QED) is 0.644. The van der Waals surface area contributed by atoms with Gasteiger partial charge < -0.3 is 10.1 Å². The molecule has 1 saturated heterocycles. The summed E-state index contributed by atoms with van der Waals surface area (Å²) in [5.41, 5.74) is 0.989. The van der Waals surface area contributed by atoms with E-state index < -0.39 is 4.92 Å². The normalized spacial score (nSPS) is 18.0. The fourth-order valence-electron chi connectivity index (χ4n) is 3.00. The zero-order chi connectivity index (χ0) is 17.6. The van der Waals surface area contributed by atoms with Crippen molar-refractivity contribution in [2.75, 3.05) is 32.8 Å². The molecule has 1 N–H and O–H groups in total. The first kappa shape index (κ1) is 17.3. The molecule has 2 aromatic carbocycles. The lowest BCUT2D eigenvalue weighted by atomic mass is 10.0. The largest absolute Gasteiger partial charge is 0.492 e. The Bertz CT molecular complexity index is 724. The second kappa shape index (κ2) is 8.04. The van der Waals surface area contributed by atoms with Crippen molar-refractivity contribution in [1.29, 1.82) is 0 Å². The first-order valence-corrected chi connectivity index (χ1v) is 8.21. The number of benzene rings is 2. The Kier molecular flexibility index (Phi) is 5.57. The molecule has 0 spiro atoms. The Morgan fingerprint density at radius 2 is 2.08 bits per heavy atom. The molecule has 1 unspecified atom stereocenters. The molecule has 1 atom stereocenters. The van der Waals surface area contributed by atoms with Gasteiger partial charge in [-0.25, -0.2) is 4.39 Å². The van der Waals surface area contributed by atoms with Crippen molar-refractivity contribution in [3.05, 3.63) is 70.0 Å². The minimum Gasteiger partial charge on any atom is -0.492 e. The molecule has 0 aliphatic carbocycles. The van der Waals surface area contributed by atoms with Crippen LogP contribution in [0, 0.1) is 15.9 Å². The molecule has 0 bridgehead atoms. The average Bonchev–Trinajstić information content (AvgIpc) is 2.62. The number of nitro groups is 1. The van der Waals surface area contributed by atoms with E-state index in [2.05, 4.69) is 10.2 Å². The van der Waals surface area contributed by atoms with E-state index in [9.17, 15) is 14.5 Å². The highest BCUT2D eigenvalue weighted by Crippen LogP contribution is 2.23. The van der Waals surface area contributed by atoms with Crippen molar-refractivity contribution in [2.24, 2.45) is 0 Å². The smallest absolute Gasteiger partial charge is 0.269 e. The zero-order valence-electron chi connectivity index (χ0n) is 13.7. The fourth-order valence-corrected chi connectivity index (χ4v) is 3.00. The van der Waals surface area contributed by atoms with Crippen molar-refractivity contribution in [2.45, 2.75) is 6.04 Å². The summed E-state index contributed by atoms with van der Waals surface area (Å²) < 4.78 is 19.2. The Balaban J connectivity index is 1.58. The number of nitro benzene ring substituents is 1. The summed E-state index contributed by atoms with van der Waals surface area (Å²) in [6.45, 7) is 3.65. The molecule has 1 heterocycles. The number of piperazine rings is 1. The van der Waals surface area contributed by atoms with Crippen molar-refractivity contribution in [3.63, 3.8) is 0 Å². The Morgan fingerprint density at radius 3 is 2.80 bits per heavy atom. The van der Waals surface area contributed by atoms with E-state index in [1.807, 2.05) is 6.07 Å². The molecule has 132 valence electrons. The molecule has 2 aromatic rings. The van der Waals surface area contributed by atoms with Crippen molar-refractivity contribution < 1.29 is 14.1 Å². The lowest BCUT2D eigenvalue weighted by Crippen LogP contribution is -2.47. The van der Waals surface area contributed by atoms with Crippen LogP contribution in [0.25, 0.3) is 0 Å². The molecule has 0 radical (unpaired) electrons. The van der Waals surface area contributed by atoms with Crippen LogP contribution in [0.3, 0.4) is 0 Å². The molecule has 7 heteroatoms. The zero-order valence-corrected chi connectivity index (χ0v) is 13.7. The Morgan fingerprint density at radius 1 is 1.28 bits per heavy atom. The summed E-state index contributed by atoms with van der Waals surface area (Å²) in [6, 6.07) is 12.8. The number of nitrogens with one attached hydrogen (secondary N) is 1. The number of halogens is 1. The number of hydrogen-bond donors (Lipinski definition) is 1. The third-order valence-corrected chi connectivity index (χ3v) is 4.28. The lowest BCUT2D eigenvalue weighted by molar-refractivity contribution is -0.384. The first-order chi connectivity index (χ1) is 12.1. The van der Waals surface area contributed by atoms with Crippen molar-refractivity contribution >= 4 is 5.69 Å². The Labute approximate surface area is 145 Å². The van der Waals surface area contributed by atoms with Gasteiger partial charge in [0.2, 0.25) is 0 Å². The fraction of sp³-hybridized carbons (Fsp3) is 0.333. The monoisotopic (exact) mass is 345 g/mol. The molecule has 6 nitrogen and oxygen atoms in total. The first-order valence-electron chi connectivity index (χ1n) is 8.21. The highest BCUT2D eigenvalue weighted by molar-refractivity contribution is 5.35. The summed E-state index contributed by atoms with van der Waals surface area (Å²) in [6.07, 6.45) is 0. The maximum Gasteiger partial charge on any atom is 0.269 e. The SMILES string of the molecule is O=[N+]([O-])c1ccc(OCCN2CCNCC2c2cccc(F)c2)cc1. The van der Waals surface area contributed by atoms with E-state index in [0.29, 0.717) is 18.9 Å². The number of hydrogen-bond acceptors (Lipinski definition) is 5. The maximum absolute atomic E-state index is 13.5. The van der Waals surface area contributed by atoms with Gasteiger partial charge in [0.25, 0.3) is 5.69 Å². The van der Waals surface area contributed by atoms with Crippen LogP contribution < -0.4 is 10.1 Å². The number of ether oxygens (including phenoxy) is 1. The molecular formula is C18H20FN3O3. The van der Waals surface area contributed by atoms with Gasteiger partial charge in [0, 0.05) is 44.4 Å². The minimum atomic E-state index is -0.436. The second-order valence-corrected chi connectivity index (χ2v) is 5.91. The summed E-state index contributed by atoms with van der Waals surface area (Å²) in [5.74, 6) is 0.369. The molecule has 0 amide bonds. The molecular weight excluding hydrogens is 325 g/mol. The van der Waals surface area contributed by atoms with Gasteiger partial charge in [-0.1, -0.05) is 12.1 Å². The summed E-state index contributed by atoms with van der Waals surface area (Å²) in [7, 11) is 0. The van der Waals surface area contributed by atoms with Crippen LogP contribution in [0.15, 0.2) is 48.5 Å². The molecule has 1 fully saturated rings. The van der Waals surface area contributed by atoms with E-state index in [0.717, 1.165) is 25.2 Å². The molecule has 1 aliphatic heterocycles. The summed E-state index contributed by atoms with van der Waals surface area (Å²) >= 11 is 0. The molecule has 1 aliphatic rings. The van der Waals surface area contributed by atoms with E-state index in [4.69, 9.17) is 4.74 Å². The maximum atomic E-state index is 13.5. The van der Waals surface area contributed by atoms with Gasteiger partial charge in [0.1, 0.15) is 18.2 Å². The standard InChI is InChI=1S/C18H20FN3O3/c19-15-3-1-2-14(12-15)18-13-20-8-9-21(18)10-11-25-17-6-4-16(5-7-17)22(23)24/h1-7,12,18,20H,8-11,13H2. The number of non-ortho nitro benzene ring substituents is 1. The van der Waals surface area contributed by atoms with E-state index in [1.165, 1.54) is 18.2 Å². The van der Waals surface area contributed by atoms with E-state index in [-0.39, 0.29) is 17.5 Å². The van der Waals surface area contributed by atoms with Crippen molar-refractivity contribution in [1.82, 2.24) is 10.2 Å². The minimum absolute atomic E-state index is 0.0422. The van der Waals surface area contributed by atoms with Crippen LogP contribution in [0.1, 0.15) is 11.6 Å². The van der Waals surface area contributed by atoms with Gasteiger partial charge in [-0.15, -0.1) is 0 Å². The van der Waals surface area contributed by atoms with Crippen LogP contribution in [0.2, 0.25) is 0 Å². The van der Waals surface area contributed by atoms with Crippen LogP contribution >= 0.6 is 0 Å².